The van der Waals surface area contributed by atoms with Crippen molar-refractivity contribution in [1.82, 2.24) is 0 Å². The van der Waals surface area contributed by atoms with Crippen LogP contribution in [0.5, 0.6) is 0 Å². The zero-order chi connectivity index (χ0) is 10.9. The summed E-state index contributed by atoms with van der Waals surface area (Å²) in [5.41, 5.74) is -0.852. The van der Waals surface area contributed by atoms with E-state index in [4.69, 9.17) is 8.74 Å². The van der Waals surface area contributed by atoms with Crippen molar-refractivity contribution in [1.29, 1.82) is 0 Å². The Morgan fingerprint density at radius 2 is 1.93 bits per heavy atom. The first-order valence-electron chi connectivity index (χ1n) is 5.63. The van der Waals surface area contributed by atoms with Gasteiger partial charge in [0.25, 0.3) is 0 Å². The van der Waals surface area contributed by atoms with E-state index in [1.54, 1.807) is 0 Å². The van der Waals surface area contributed by atoms with Crippen LogP contribution in [-0.4, -0.2) is 25.6 Å². The van der Waals surface area contributed by atoms with Crippen molar-refractivity contribution in [3.05, 3.63) is 0 Å². The Balaban J connectivity index is 2.11. The zero-order valence-electron chi connectivity index (χ0n) is 8.72. The summed E-state index contributed by atoms with van der Waals surface area (Å²) < 4.78 is 24.4. The number of fused-ring (bicyclic) bond motifs is 1. The van der Waals surface area contributed by atoms with Gasteiger partial charge in [0, 0.05) is 0 Å². The summed E-state index contributed by atoms with van der Waals surface area (Å²) in [4.78, 5) is 0. The molecule has 2 aliphatic rings. The molecule has 4 atom stereocenters. The minimum atomic E-state index is -2.26. The minimum Gasteiger partial charge on any atom is -0.387 e. The van der Waals surface area contributed by atoms with E-state index in [-0.39, 0.29) is 5.92 Å². The summed E-state index contributed by atoms with van der Waals surface area (Å²) in [6.45, 7) is 0. The van der Waals surface area contributed by atoms with Crippen LogP contribution in [0.1, 0.15) is 44.9 Å². The second kappa shape index (κ2) is 4.49. The monoisotopic (exact) mass is 234 g/mol. The first kappa shape index (κ1) is 11.5. The average Bonchev–Trinajstić information content (AvgIpc) is 2.18. The van der Waals surface area contributed by atoms with Crippen molar-refractivity contribution < 1.29 is 18.1 Å². The Labute approximate surface area is 92.5 Å². The van der Waals surface area contributed by atoms with Gasteiger partial charge in [0.1, 0.15) is 6.10 Å². The minimum absolute atomic E-state index is 0.258. The fraction of sp³-hybridized carbons (Fsp3) is 1.00. The molecule has 0 aromatic carbocycles. The maximum absolute atomic E-state index is 10.7. The second-order valence-electron chi connectivity index (χ2n) is 4.67. The van der Waals surface area contributed by atoms with E-state index in [2.05, 4.69) is 0 Å². The molecule has 2 aliphatic carbocycles. The Bertz CT molecular complexity index is 256. The SMILES string of the molecule is O=S(O)OC1CCCC2CCCCC21O. The molecule has 0 radical (unpaired) electrons. The van der Waals surface area contributed by atoms with Crippen molar-refractivity contribution in [2.45, 2.75) is 56.7 Å². The van der Waals surface area contributed by atoms with Crippen molar-refractivity contribution >= 4 is 11.4 Å². The molecular weight excluding hydrogens is 216 g/mol. The quantitative estimate of drug-likeness (QED) is 0.712. The molecule has 2 saturated carbocycles. The fourth-order valence-corrected chi connectivity index (χ4v) is 3.56. The first-order valence-corrected chi connectivity index (χ1v) is 6.66. The lowest BCUT2D eigenvalue weighted by Crippen LogP contribution is -2.54. The lowest BCUT2D eigenvalue weighted by Gasteiger charge is -2.47. The van der Waals surface area contributed by atoms with E-state index in [1.807, 2.05) is 0 Å². The summed E-state index contributed by atoms with van der Waals surface area (Å²) in [6.07, 6.45) is 6.12. The van der Waals surface area contributed by atoms with E-state index in [1.165, 1.54) is 0 Å². The largest absolute Gasteiger partial charge is 0.387 e. The number of rotatable bonds is 2. The number of hydrogen-bond donors (Lipinski definition) is 2. The summed E-state index contributed by atoms with van der Waals surface area (Å²) in [5, 5.41) is 10.5. The van der Waals surface area contributed by atoms with Crippen molar-refractivity contribution in [2.24, 2.45) is 5.92 Å². The average molecular weight is 234 g/mol. The highest BCUT2D eigenvalue weighted by Gasteiger charge is 2.48. The van der Waals surface area contributed by atoms with Gasteiger partial charge in [-0.1, -0.05) is 19.3 Å². The van der Waals surface area contributed by atoms with E-state index >= 15 is 0 Å². The van der Waals surface area contributed by atoms with E-state index < -0.39 is 23.1 Å². The third kappa shape index (κ3) is 2.25. The van der Waals surface area contributed by atoms with Crippen molar-refractivity contribution in [3.8, 4) is 0 Å². The van der Waals surface area contributed by atoms with Crippen LogP contribution < -0.4 is 0 Å². The van der Waals surface area contributed by atoms with Crippen LogP contribution in [0.3, 0.4) is 0 Å². The third-order valence-corrected chi connectivity index (χ3v) is 4.26. The summed E-state index contributed by atoms with van der Waals surface area (Å²) >= 11 is -2.26. The molecule has 0 aromatic heterocycles. The molecule has 0 spiro atoms. The highest BCUT2D eigenvalue weighted by Crippen LogP contribution is 2.45. The van der Waals surface area contributed by atoms with Gasteiger partial charge in [-0.3, -0.25) is 8.74 Å². The number of hydrogen-bond acceptors (Lipinski definition) is 3. The van der Waals surface area contributed by atoms with Crippen LogP contribution in [-0.2, 0) is 15.5 Å². The molecule has 15 heavy (non-hydrogen) atoms. The molecule has 0 aliphatic heterocycles. The van der Waals surface area contributed by atoms with Crippen molar-refractivity contribution in [3.63, 3.8) is 0 Å². The molecule has 2 N–H and O–H groups in total. The maximum atomic E-state index is 10.7. The maximum Gasteiger partial charge on any atom is 0.302 e. The molecule has 4 nitrogen and oxygen atoms in total. The topological polar surface area (TPSA) is 66.8 Å². The van der Waals surface area contributed by atoms with Gasteiger partial charge in [-0.25, -0.2) is 0 Å². The molecular formula is C10H18O4S. The molecule has 0 amide bonds. The Morgan fingerprint density at radius 3 is 2.67 bits per heavy atom. The normalized spacial score (nSPS) is 43.3. The van der Waals surface area contributed by atoms with Crippen LogP contribution in [0.25, 0.3) is 0 Å². The number of aliphatic hydroxyl groups is 1. The van der Waals surface area contributed by atoms with Crippen LogP contribution in [0.2, 0.25) is 0 Å². The summed E-state index contributed by atoms with van der Waals surface area (Å²) in [6, 6.07) is 0. The molecule has 88 valence electrons. The Morgan fingerprint density at radius 1 is 1.20 bits per heavy atom. The van der Waals surface area contributed by atoms with E-state index in [9.17, 15) is 9.32 Å². The molecule has 0 bridgehead atoms. The van der Waals surface area contributed by atoms with Gasteiger partial charge >= 0.3 is 11.4 Å². The molecule has 0 aromatic rings. The standard InChI is InChI=1S/C10H18O4S/c11-10-7-2-1-4-8(10)5-3-6-9(10)14-15(12)13/h8-9,11H,1-7H2,(H,12,13). The Kier molecular flexibility index (Phi) is 3.45. The molecule has 0 saturated heterocycles. The molecule has 0 heterocycles. The van der Waals surface area contributed by atoms with Crippen LogP contribution in [0, 0.1) is 5.92 Å². The summed E-state index contributed by atoms with van der Waals surface area (Å²) in [7, 11) is 0. The van der Waals surface area contributed by atoms with Crippen LogP contribution in [0.4, 0.5) is 0 Å². The lowest BCUT2D eigenvalue weighted by atomic mass is 9.66. The van der Waals surface area contributed by atoms with Gasteiger partial charge in [-0.15, -0.1) is 0 Å². The summed E-state index contributed by atoms with van der Waals surface area (Å²) in [5.74, 6) is 0.258. The smallest absolute Gasteiger partial charge is 0.302 e. The van der Waals surface area contributed by atoms with E-state index in [0.29, 0.717) is 12.8 Å². The molecule has 5 heteroatoms. The van der Waals surface area contributed by atoms with Gasteiger partial charge in [0.2, 0.25) is 0 Å². The van der Waals surface area contributed by atoms with E-state index in [0.717, 1.165) is 32.1 Å². The van der Waals surface area contributed by atoms with Gasteiger partial charge in [0.15, 0.2) is 0 Å². The predicted molar refractivity (Wildman–Crippen MR) is 56.4 cm³/mol. The van der Waals surface area contributed by atoms with Gasteiger partial charge in [0.05, 0.1) is 5.60 Å². The highest BCUT2D eigenvalue weighted by molar-refractivity contribution is 7.74. The molecule has 2 fully saturated rings. The predicted octanol–water partition coefficient (Wildman–Crippen LogP) is 1.61. The molecule has 4 unspecified atom stereocenters. The second-order valence-corrected chi connectivity index (χ2v) is 5.29. The molecule has 2 rings (SSSR count). The van der Waals surface area contributed by atoms with Crippen LogP contribution in [0.15, 0.2) is 0 Å². The van der Waals surface area contributed by atoms with Gasteiger partial charge in [-0.05, 0) is 31.6 Å². The first-order chi connectivity index (χ1) is 7.13. The van der Waals surface area contributed by atoms with Gasteiger partial charge in [-0.2, -0.15) is 4.21 Å². The lowest BCUT2D eigenvalue weighted by molar-refractivity contribution is -0.142. The fourth-order valence-electron chi connectivity index (χ4n) is 3.10. The highest BCUT2D eigenvalue weighted by atomic mass is 32.2. The zero-order valence-corrected chi connectivity index (χ0v) is 9.54. The van der Waals surface area contributed by atoms with Gasteiger partial charge < -0.3 is 5.11 Å². The van der Waals surface area contributed by atoms with Crippen molar-refractivity contribution in [2.75, 3.05) is 0 Å². The Hall–Kier alpha value is 0.0300. The third-order valence-electron chi connectivity index (χ3n) is 3.86. The van der Waals surface area contributed by atoms with Crippen LogP contribution >= 0.6 is 0 Å².